The molecule has 0 radical (unpaired) electrons. The first-order chi connectivity index (χ1) is 11.1. The van der Waals surface area contributed by atoms with Crippen LogP contribution in [0.1, 0.15) is 27.7 Å². The van der Waals surface area contributed by atoms with Crippen molar-refractivity contribution in [3.8, 4) is 0 Å². The Bertz CT molecular complexity index is 270. The van der Waals surface area contributed by atoms with Crippen molar-refractivity contribution in [3.05, 3.63) is 0 Å². The second-order valence-corrected chi connectivity index (χ2v) is 2.73. The van der Waals surface area contributed by atoms with Crippen molar-refractivity contribution in [3.63, 3.8) is 0 Å². The zero-order valence-corrected chi connectivity index (χ0v) is 17.5. The topological polar surface area (TPSA) is 197 Å². The minimum atomic E-state index is -1.46. The normalized spacial score (nSPS) is 7.20. The smallest absolute Gasteiger partial charge is 0.550 e. The number of hydrogen-bond acceptors (Lipinski definition) is 12. The third-order valence-electron chi connectivity index (χ3n) is 1.05. The van der Waals surface area contributed by atoms with Gasteiger partial charge in [-0.2, -0.15) is 0 Å². The van der Waals surface area contributed by atoms with Crippen molar-refractivity contribution in [2.75, 3.05) is 26.4 Å². The van der Waals surface area contributed by atoms with Crippen LogP contribution in [0.25, 0.3) is 0 Å². The predicted octanol–water partition coefficient (Wildman–Crippen LogP) is -2.54. The molecule has 0 aromatic carbocycles. The molecule has 12 nitrogen and oxygen atoms in total. The monoisotopic (exact) mass is 594 g/mol. The number of rotatable bonds is 4. The minimum absolute atomic E-state index is 0. The Balaban J connectivity index is -0.0000000702. The van der Waals surface area contributed by atoms with Gasteiger partial charge in [0.1, 0.15) is 0 Å². The van der Waals surface area contributed by atoms with Gasteiger partial charge in [0.25, 0.3) is 24.6 Å². The van der Waals surface area contributed by atoms with Crippen LogP contribution >= 0.6 is 0 Å². The largest absolute Gasteiger partial charge is 4.00 e. The summed E-state index contributed by atoms with van der Waals surface area (Å²) < 4.78 is 15.4. The SMILES string of the molecule is CCOC(=O)[O-].CCOC(=O)[O-].CCOC(=O)[O-].CCOC(=O)[O-].[Pu+4]. The summed E-state index contributed by atoms with van der Waals surface area (Å²) >= 11 is 0. The van der Waals surface area contributed by atoms with E-state index in [4.69, 9.17) is 0 Å². The first kappa shape index (κ1) is 34.4. The van der Waals surface area contributed by atoms with E-state index in [1.54, 1.807) is 27.7 Å². The van der Waals surface area contributed by atoms with Crippen LogP contribution in [0.4, 0.5) is 19.2 Å². The molecule has 0 unspecified atom stereocenters. The van der Waals surface area contributed by atoms with Crippen LogP contribution in [-0.2, 0) is 18.9 Å². The molecule has 146 valence electrons. The molecule has 0 bridgehead atoms. The van der Waals surface area contributed by atoms with Crippen LogP contribution in [0.2, 0.25) is 0 Å². The first-order valence-electron chi connectivity index (χ1n) is 6.43. The van der Waals surface area contributed by atoms with Crippen molar-refractivity contribution < 1.29 is 87.7 Å². The average molecular weight is 600 g/mol. The Morgan fingerprint density at radius 2 is 0.640 bits per heavy atom. The molecule has 0 saturated carbocycles. The van der Waals surface area contributed by atoms with Crippen LogP contribution in [0.5, 0.6) is 0 Å². The number of hydrogen-bond donors (Lipinski definition) is 0. The molecule has 0 amide bonds. The molecule has 0 spiro atoms. The van der Waals surface area contributed by atoms with Gasteiger partial charge < -0.3 is 58.6 Å². The second kappa shape index (κ2) is 30.0. The number of carbonyl (C=O) groups excluding carboxylic acids is 4. The van der Waals surface area contributed by atoms with Gasteiger partial charge in [-0.15, -0.1) is 0 Å². The quantitative estimate of drug-likeness (QED) is 0.243. The number of carbonyl (C=O) groups is 4. The summed E-state index contributed by atoms with van der Waals surface area (Å²) in [6, 6.07) is 0. The van der Waals surface area contributed by atoms with Gasteiger partial charge in [-0.05, 0) is 27.7 Å². The second-order valence-electron chi connectivity index (χ2n) is 2.73. The fraction of sp³-hybridized carbons (Fsp3) is 0.667. The summed E-state index contributed by atoms with van der Waals surface area (Å²) in [6.07, 6.45) is -5.84. The molecule has 0 atom stereocenters. The van der Waals surface area contributed by atoms with Crippen molar-refractivity contribution in [1.82, 2.24) is 0 Å². The molecule has 0 aliphatic rings. The molecular weight excluding hydrogens is 580 g/mol. The molecule has 0 heterocycles. The fourth-order valence-corrected chi connectivity index (χ4v) is 0.471. The molecule has 0 fully saturated rings. The maximum Gasteiger partial charge on any atom is 4.00 e. The molecule has 0 N–H and O–H groups in total. The standard InChI is InChI=1S/4C3H6O3.Pu/c4*1-2-6-3(4)5;/h4*2H2,1H3,(H,4,5);/q;;;;+4/p-4. The zero-order chi connectivity index (χ0) is 20.0. The molecule has 0 aliphatic carbocycles. The summed E-state index contributed by atoms with van der Waals surface area (Å²) in [5.41, 5.74) is 0. The number of carboxylic acid groups (broad SMARTS) is 4. The summed E-state index contributed by atoms with van der Waals surface area (Å²) in [7, 11) is 0. The maximum atomic E-state index is 9.27. The van der Waals surface area contributed by atoms with Gasteiger partial charge >= 0.3 is 29.2 Å². The van der Waals surface area contributed by atoms with Gasteiger partial charge in [-0.25, -0.2) is 0 Å². The molecule has 13 heteroatoms. The molecule has 0 saturated heterocycles. The summed E-state index contributed by atoms with van der Waals surface area (Å²) in [5.74, 6) is 0. The summed E-state index contributed by atoms with van der Waals surface area (Å²) in [5, 5.41) is 37.1. The van der Waals surface area contributed by atoms with Crippen molar-refractivity contribution in [2.24, 2.45) is 0 Å². The fourth-order valence-electron chi connectivity index (χ4n) is 0.471. The van der Waals surface area contributed by atoms with Gasteiger partial charge in [0.2, 0.25) is 0 Å². The van der Waals surface area contributed by atoms with E-state index in [-0.39, 0.29) is 55.6 Å². The number of ether oxygens (including phenoxy) is 4. The first-order valence-corrected chi connectivity index (χ1v) is 6.43. The molecule has 0 rings (SSSR count). The third kappa shape index (κ3) is 87.7. The van der Waals surface area contributed by atoms with E-state index < -0.39 is 24.6 Å². The molecule has 25 heavy (non-hydrogen) atoms. The molecule has 0 aliphatic heterocycles. The van der Waals surface area contributed by atoms with Crippen LogP contribution in [-0.4, -0.2) is 51.0 Å². The molecular formula is C12H20O12Pu. The van der Waals surface area contributed by atoms with Crippen molar-refractivity contribution >= 4 is 24.6 Å². The Labute approximate surface area is 166 Å². The van der Waals surface area contributed by atoms with Crippen molar-refractivity contribution in [1.29, 1.82) is 0 Å². The van der Waals surface area contributed by atoms with E-state index >= 15 is 0 Å². The van der Waals surface area contributed by atoms with E-state index in [0.717, 1.165) is 0 Å². The minimum Gasteiger partial charge on any atom is -0.550 e. The maximum absolute atomic E-state index is 9.27. The summed E-state index contributed by atoms with van der Waals surface area (Å²) in [6.45, 7) is 6.99. The van der Waals surface area contributed by atoms with Crippen molar-refractivity contribution in [2.45, 2.75) is 27.7 Å². The predicted molar refractivity (Wildman–Crippen MR) is 68.1 cm³/mol. The third-order valence-corrected chi connectivity index (χ3v) is 1.05. The van der Waals surface area contributed by atoms with E-state index in [1.807, 2.05) is 0 Å². The van der Waals surface area contributed by atoms with E-state index in [1.165, 1.54) is 0 Å². The van der Waals surface area contributed by atoms with Crippen LogP contribution in [0.3, 0.4) is 0 Å². The Morgan fingerprint density at radius 1 is 0.520 bits per heavy atom. The Morgan fingerprint density at radius 3 is 0.640 bits per heavy atom. The Hall–Kier alpha value is -1.93. The Kier molecular flexibility index (Phi) is 41.3. The van der Waals surface area contributed by atoms with Gasteiger partial charge in [-0.3, -0.25) is 0 Å². The average Bonchev–Trinajstić information content (AvgIpc) is 2.39. The van der Waals surface area contributed by atoms with Gasteiger partial charge in [0.05, 0.1) is 0 Å². The summed E-state index contributed by atoms with van der Waals surface area (Å²) in [4.78, 5) is 37.1. The van der Waals surface area contributed by atoms with E-state index in [0.29, 0.717) is 0 Å². The van der Waals surface area contributed by atoms with Crippen LogP contribution < -0.4 is 20.4 Å². The van der Waals surface area contributed by atoms with Gasteiger partial charge in [0, 0.05) is 26.4 Å². The van der Waals surface area contributed by atoms with Crippen LogP contribution in [0, 0.1) is 29.2 Å². The van der Waals surface area contributed by atoms with Gasteiger partial charge in [0.15, 0.2) is 0 Å². The molecule has 0 aromatic rings. The van der Waals surface area contributed by atoms with Crippen LogP contribution in [0.15, 0.2) is 0 Å². The molecule has 0 aromatic heterocycles. The van der Waals surface area contributed by atoms with E-state index in [2.05, 4.69) is 18.9 Å². The zero-order valence-electron chi connectivity index (χ0n) is 14.1. The van der Waals surface area contributed by atoms with E-state index in [9.17, 15) is 39.6 Å². The van der Waals surface area contributed by atoms with Gasteiger partial charge in [-0.1, -0.05) is 0 Å².